The third-order valence-corrected chi connectivity index (χ3v) is 23.9. The summed E-state index contributed by atoms with van der Waals surface area (Å²) in [5.74, 6) is 6.00. The Labute approximate surface area is 767 Å². The van der Waals surface area contributed by atoms with Gasteiger partial charge in [-0.05, 0) is 251 Å². The van der Waals surface area contributed by atoms with Gasteiger partial charge in [-0.3, -0.25) is 4.18 Å². The van der Waals surface area contributed by atoms with Gasteiger partial charge in [0.1, 0.15) is 17.2 Å². The SMILES string of the molecule is Brc1ccc2[nH]c3ccc(Br)cc3c2c1.CC(C)COc1ccc(-c2ccc3c(c2)c2cc(B(O)O)ccc2n3CC(C)C)cc1.CC(C)COc1ccc(-c2ccc3c(c2)c2cc(Br)ccc2n3CC(C)C)cc1.CC(C)COc1ccc(B(O)O)cc1.CC(C)Cn1c2ccc(Br)cc2c2cc(Br)ccc21.Cc1ccc(S(=O)(=O)OCC(C)C)cc1. The van der Waals surface area contributed by atoms with Gasteiger partial charge in [-0.2, -0.15) is 8.42 Å². The third-order valence-electron chi connectivity index (χ3n) is 20.1. The Morgan fingerprint density at radius 2 is 0.585 bits per heavy atom. The lowest BCUT2D eigenvalue weighted by Crippen LogP contribution is -2.29. The molecule has 5 N–H and O–H groups in total. The molecule has 12 aromatic carbocycles. The molecule has 22 heteroatoms. The highest BCUT2D eigenvalue weighted by atomic mass is 79.9. The van der Waals surface area contributed by atoms with E-state index in [9.17, 15) is 18.5 Å². The van der Waals surface area contributed by atoms with E-state index in [1.54, 1.807) is 54.6 Å². The van der Waals surface area contributed by atoms with E-state index in [2.05, 4.69) is 333 Å². The minimum Gasteiger partial charge on any atom is -0.493 e. The van der Waals surface area contributed by atoms with Crippen molar-refractivity contribution >= 4 is 202 Å². The number of benzene rings is 12. The van der Waals surface area contributed by atoms with Gasteiger partial charge in [-0.1, -0.05) is 255 Å². The zero-order valence-corrected chi connectivity index (χ0v) is 81.4. The summed E-state index contributed by atoms with van der Waals surface area (Å²) in [7, 11) is -6.46. The van der Waals surface area contributed by atoms with Crippen LogP contribution in [0, 0.1) is 48.3 Å². The molecule has 0 amide bonds. The number of fused-ring (bicyclic) bond motifs is 12. The second-order valence-corrected chi connectivity index (χ2v) is 40.4. The van der Waals surface area contributed by atoms with E-state index >= 15 is 0 Å². The van der Waals surface area contributed by atoms with Gasteiger partial charge in [0.2, 0.25) is 0 Å². The van der Waals surface area contributed by atoms with Crippen molar-refractivity contribution in [1.29, 1.82) is 0 Å². The van der Waals surface area contributed by atoms with Crippen molar-refractivity contribution in [3.05, 3.63) is 271 Å². The molecule has 0 fully saturated rings. The second-order valence-electron chi connectivity index (χ2n) is 34.2. The molecule has 0 saturated heterocycles. The quantitative estimate of drug-likeness (QED) is 0.0305. The van der Waals surface area contributed by atoms with Crippen molar-refractivity contribution in [2.75, 3.05) is 26.4 Å². The van der Waals surface area contributed by atoms with E-state index in [0.717, 1.165) is 104 Å². The van der Waals surface area contributed by atoms with Crippen LogP contribution in [0.1, 0.15) is 102 Å². The smallest absolute Gasteiger partial charge is 0.488 e. The maximum absolute atomic E-state index is 11.6. The van der Waals surface area contributed by atoms with Gasteiger partial charge in [0.15, 0.2) is 0 Å². The number of ether oxygens (including phenoxy) is 3. The molecule has 14 nitrogen and oxygen atoms in total. The van der Waals surface area contributed by atoms with Gasteiger partial charge in [0, 0.05) is 129 Å². The van der Waals surface area contributed by atoms with Crippen LogP contribution in [0.3, 0.4) is 0 Å². The van der Waals surface area contributed by atoms with Crippen molar-refractivity contribution < 1.29 is 46.9 Å². The monoisotopic (exact) mass is 1990 g/mol. The Bertz CT molecular complexity index is 6230. The fraction of sp³-hybridized carbons (Fsp3) is 0.287. The van der Waals surface area contributed by atoms with Crippen LogP contribution >= 0.6 is 79.6 Å². The fourth-order valence-electron chi connectivity index (χ4n) is 14.3. The summed E-state index contributed by atoms with van der Waals surface area (Å²) in [5, 5.41) is 46.9. The number of aromatic amines is 1. The van der Waals surface area contributed by atoms with E-state index in [0.29, 0.717) is 59.6 Å². The molecule has 0 aliphatic carbocycles. The first-order chi connectivity index (χ1) is 58.6. The Balaban J connectivity index is 0.000000148. The molecule has 0 radical (unpaired) electrons. The van der Waals surface area contributed by atoms with Gasteiger partial charge in [0.25, 0.3) is 10.1 Å². The number of H-pyrrole nitrogens is 1. The highest BCUT2D eigenvalue weighted by molar-refractivity contribution is 9.11. The number of nitrogens with zero attached hydrogens (tertiary/aromatic N) is 3. The molecule has 642 valence electrons. The van der Waals surface area contributed by atoms with Crippen LogP contribution in [-0.4, -0.2) is 87.9 Å². The lowest BCUT2D eigenvalue weighted by atomic mass is 9.80. The first kappa shape index (κ1) is 95.2. The molecule has 123 heavy (non-hydrogen) atoms. The summed E-state index contributed by atoms with van der Waals surface area (Å²) in [4.78, 5) is 3.61. The molecule has 0 atom stereocenters. The van der Waals surface area contributed by atoms with Crippen molar-refractivity contribution in [3.8, 4) is 39.5 Å². The molecule has 0 saturated carbocycles. The maximum Gasteiger partial charge on any atom is 0.488 e. The van der Waals surface area contributed by atoms with E-state index < -0.39 is 24.4 Å². The highest BCUT2D eigenvalue weighted by Gasteiger charge is 2.21. The summed E-state index contributed by atoms with van der Waals surface area (Å²) >= 11 is 17.8. The van der Waals surface area contributed by atoms with Crippen LogP contribution in [0.2, 0.25) is 0 Å². The van der Waals surface area contributed by atoms with Crippen molar-refractivity contribution in [1.82, 2.24) is 18.7 Å². The number of nitrogens with one attached hydrogen (secondary N) is 1. The Morgan fingerprint density at radius 1 is 0.309 bits per heavy atom. The van der Waals surface area contributed by atoms with E-state index in [-0.39, 0.29) is 17.4 Å². The first-order valence-corrected chi connectivity index (χ1v) is 47.3. The zero-order chi connectivity index (χ0) is 88.7. The summed E-state index contributed by atoms with van der Waals surface area (Å²) < 4.78 is 58.0. The topological polar surface area (TPSA) is 183 Å². The minimum atomic E-state index is -3.57. The Kier molecular flexibility index (Phi) is 33.8. The van der Waals surface area contributed by atoms with Crippen LogP contribution in [0.15, 0.2) is 270 Å². The molecule has 4 aromatic heterocycles. The Hall–Kier alpha value is -8.48. The lowest BCUT2D eigenvalue weighted by molar-refractivity contribution is 0.271. The van der Waals surface area contributed by atoms with Crippen LogP contribution in [0.5, 0.6) is 17.2 Å². The number of aryl methyl sites for hydroxylation is 1. The van der Waals surface area contributed by atoms with Gasteiger partial charge in [-0.25, -0.2) is 0 Å². The summed E-state index contributed by atoms with van der Waals surface area (Å²) in [6.07, 6.45) is 0. The zero-order valence-electron chi connectivity index (χ0n) is 72.6. The largest absolute Gasteiger partial charge is 0.493 e. The molecule has 0 bridgehead atoms. The van der Waals surface area contributed by atoms with Gasteiger partial charge in [-0.15, -0.1) is 0 Å². The average molecular weight is 1990 g/mol. The minimum absolute atomic E-state index is 0.199. The first-order valence-electron chi connectivity index (χ1n) is 41.9. The lowest BCUT2D eigenvalue weighted by Gasteiger charge is -2.11. The van der Waals surface area contributed by atoms with Gasteiger partial charge >= 0.3 is 14.2 Å². The van der Waals surface area contributed by atoms with Crippen molar-refractivity contribution in [2.24, 2.45) is 41.4 Å². The van der Waals surface area contributed by atoms with Gasteiger partial charge in [0.05, 0.1) is 31.3 Å². The van der Waals surface area contributed by atoms with E-state index in [1.807, 2.05) is 57.2 Å². The predicted molar refractivity (Wildman–Crippen MR) is 534 cm³/mol. The van der Waals surface area contributed by atoms with Crippen LogP contribution in [0.4, 0.5) is 0 Å². The summed E-state index contributed by atoms with van der Waals surface area (Å²) in [5.41, 5.74) is 16.5. The normalized spacial score (nSPS) is 11.6. The molecular formula is C101H111B2Br5N4O10S. The molecule has 16 rings (SSSR count). The van der Waals surface area contributed by atoms with E-state index in [1.165, 1.54) is 76.5 Å². The molecule has 0 aliphatic rings. The molecular weight excluding hydrogens is 1880 g/mol. The third kappa shape index (κ3) is 25.7. The highest BCUT2D eigenvalue weighted by Crippen LogP contribution is 2.39. The number of hydrogen-bond donors (Lipinski definition) is 5. The molecule has 4 heterocycles. The van der Waals surface area contributed by atoms with Crippen LogP contribution in [-0.2, 0) is 33.9 Å². The number of rotatable bonds is 23. The van der Waals surface area contributed by atoms with Crippen LogP contribution < -0.4 is 25.1 Å². The number of halogens is 5. The van der Waals surface area contributed by atoms with Gasteiger partial charge < -0.3 is 53.0 Å². The summed E-state index contributed by atoms with van der Waals surface area (Å²) in [6, 6.07) is 81.3. The number of hydrogen-bond acceptors (Lipinski definition) is 10. The van der Waals surface area contributed by atoms with Crippen molar-refractivity contribution in [3.63, 3.8) is 0 Å². The molecule has 0 aliphatic heterocycles. The maximum atomic E-state index is 11.6. The predicted octanol–water partition coefficient (Wildman–Crippen LogP) is 26.3. The number of aromatic nitrogens is 4. The van der Waals surface area contributed by atoms with Crippen molar-refractivity contribution in [2.45, 2.75) is 128 Å². The summed E-state index contributed by atoms with van der Waals surface area (Å²) in [6.45, 7) is 37.3. The second kappa shape index (κ2) is 43.6. The molecule has 0 unspecified atom stereocenters. The Morgan fingerprint density at radius 3 is 0.911 bits per heavy atom. The fourth-order valence-corrected chi connectivity index (χ4v) is 17.2. The van der Waals surface area contributed by atoms with Crippen LogP contribution in [0.25, 0.3) is 109 Å². The molecule has 0 spiro atoms. The average Bonchev–Trinajstić information content (AvgIpc) is 1.61. The molecule has 16 aromatic rings. The van der Waals surface area contributed by atoms with E-state index in [4.69, 9.17) is 28.4 Å². The standard InChI is InChI=1S/C26H30BNO3.C26H28BrNO.C16H15Br2N.C12H7Br2N.C11H16O3S.C10H15BO3/c1-17(2)15-28-25-11-7-20(19-5-9-22(10-6-19)31-16-18(3)4)13-23(25)24-14-21(27(29)30)8-12-26(24)28;1-17(2)15-28-25-11-7-20(13-23(25)24-14-21(27)8-12-26(24)28)19-5-9-22(10-6-19)29-16-18(3)4;1-10(2)9-19-15-5-3-11(17)7-13(15)14-8-12(18)4-6-16(14)19;13-7-1-3-11-9(5-7)10-6-8(14)2-4-12(10)15-11;1-9(2)8-14-15(12,13)11-6-4-10(3)5-7-11;1-8(2)7-14-10-5-3-9(4-6-10)11(12)13/h5-14,17-18,29-30H,15-16H2,1-4H3;5-14,17-18H,15-16H2,1-4H3;3-8,10H,9H2,1-2H3;1-6,15H;4-7,9H,8H2,1-3H3;3-6,8,12-13H,7H2,1-2H3.